The van der Waals surface area contributed by atoms with E-state index in [-0.39, 0.29) is 11.1 Å². The molecule has 2 N–H and O–H groups in total. The molecule has 0 spiro atoms. The molecule has 0 heterocycles. The zero-order chi connectivity index (χ0) is 21.3. The predicted molar refractivity (Wildman–Crippen MR) is 124 cm³/mol. The van der Waals surface area contributed by atoms with Gasteiger partial charge in [0.05, 0.1) is 0 Å². The third-order valence-corrected chi connectivity index (χ3v) is 9.62. The van der Waals surface area contributed by atoms with E-state index in [0.717, 1.165) is 12.8 Å². The summed E-state index contributed by atoms with van der Waals surface area (Å²) in [6, 6.07) is 0. The Hall–Kier alpha value is 0.0569. The second kappa shape index (κ2) is 16.8. The number of unbranched alkanes of at least 4 members (excludes halogenated alkanes) is 13. The Kier molecular flexibility index (Phi) is 16.8. The van der Waals surface area contributed by atoms with Crippen molar-refractivity contribution in [3.63, 3.8) is 0 Å². The Labute approximate surface area is 177 Å². The maximum Gasteiger partial charge on any atom is 0.505 e. The van der Waals surface area contributed by atoms with Crippen molar-refractivity contribution >= 4 is 8.80 Å². The second-order valence-electron chi connectivity index (χ2n) is 8.97. The first-order chi connectivity index (χ1) is 13.4. The molecule has 0 radical (unpaired) electrons. The fourth-order valence-electron chi connectivity index (χ4n) is 4.22. The third-order valence-electron chi connectivity index (χ3n) is 6.02. The molecule has 5 heteroatoms. The molecule has 0 aromatic carbocycles. The van der Waals surface area contributed by atoms with E-state index in [2.05, 4.69) is 20.8 Å². The molecule has 0 aromatic heterocycles. The highest BCUT2D eigenvalue weighted by Crippen LogP contribution is 2.37. The van der Waals surface area contributed by atoms with Crippen LogP contribution in [0.25, 0.3) is 0 Å². The molecule has 4 nitrogen and oxygen atoms in total. The molecule has 170 valence electrons. The number of hydrogen-bond acceptors (Lipinski definition) is 4. The van der Waals surface area contributed by atoms with Gasteiger partial charge in [-0.05, 0) is 20.3 Å². The van der Waals surface area contributed by atoms with Crippen LogP contribution >= 0.6 is 0 Å². The molecular weight excluding hydrogens is 366 g/mol. The van der Waals surface area contributed by atoms with Crippen LogP contribution in [-0.4, -0.2) is 35.7 Å². The zero-order valence-corrected chi connectivity index (χ0v) is 21.0. The van der Waals surface area contributed by atoms with Gasteiger partial charge in [-0.1, -0.05) is 96.8 Å². The van der Waals surface area contributed by atoms with Crippen LogP contribution < -0.4 is 5.73 Å². The number of rotatable bonds is 20. The first kappa shape index (κ1) is 28.1. The van der Waals surface area contributed by atoms with Crippen LogP contribution in [0.15, 0.2) is 0 Å². The molecule has 1 atom stereocenters. The van der Waals surface area contributed by atoms with Gasteiger partial charge in [0.2, 0.25) is 0 Å². The summed E-state index contributed by atoms with van der Waals surface area (Å²) in [6.07, 6.45) is 20.2. The first-order valence-electron chi connectivity index (χ1n) is 11.8. The predicted octanol–water partition coefficient (Wildman–Crippen LogP) is 6.84. The summed E-state index contributed by atoms with van der Waals surface area (Å²) in [7, 11) is 2.34. The molecule has 0 fully saturated rings. The largest absolute Gasteiger partial charge is 0.505 e. The van der Waals surface area contributed by atoms with E-state index in [9.17, 15) is 0 Å². The van der Waals surface area contributed by atoms with Crippen molar-refractivity contribution in [1.29, 1.82) is 0 Å². The monoisotopic (exact) mass is 417 g/mol. The summed E-state index contributed by atoms with van der Waals surface area (Å²) in [6.45, 7) is 6.39. The SMILES string of the molecule is CCCCCCCCCCCCCCCCC(C(C)(C)N)[Si](OC)(OC)OC. The molecule has 1 unspecified atom stereocenters. The Morgan fingerprint density at radius 1 is 0.643 bits per heavy atom. The Bertz CT molecular complexity index is 335. The standard InChI is InChI=1S/C23H51NO3Si/c1-7-8-9-10-11-12-13-14-15-16-17-18-19-20-21-22(23(2,3)24)28(25-4,26-5)27-6/h22H,7-21,24H2,1-6H3. The zero-order valence-electron chi connectivity index (χ0n) is 20.0. The van der Waals surface area contributed by atoms with E-state index >= 15 is 0 Å². The van der Waals surface area contributed by atoms with E-state index in [1.54, 1.807) is 21.3 Å². The Balaban J connectivity index is 3.82. The van der Waals surface area contributed by atoms with Gasteiger partial charge >= 0.3 is 8.80 Å². The fourth-order valence-corrected chi connectivity index (χ4v) is 7.05. The van der Waals surface area contributed by atoms with Crippen molar-refractivity contribution in [2.24, 2.45) is 5.73 Å². The quantitative estimate of drug-likeness (QED) is 0.174. The average molecular weight is 418 g/mol. The average Bonchev–Trinajstić information content (AvgIpc) is 2.67. The minimum atomic E-state index is -2.71. The highest BCUT2D eigenvalue weighted by molar-refractivity contribution is 6.62. The highest BCUT2D eigenvalue weighted by Gasteiger charge is 2.52. The molecule has 0 saturated heterocycles. The van der Waals surface area contributed by atoms with Gasteiger partial charge in [0, 0.05) is 32.4 Å². The van der Waals surface area contributed by atoms with Crippen LogP contribution in [0.4, 0.5) is 0 Å². The lowest BCUT2D eigenvalue weighted by molar-refractivity contribution is 0.0976. The van der Waals surface area contributed by atoms with Crippen molar-refractivity contribution in [2.45, 2.75) is 128 Å². The Morgan fingerprint density at radius 3 is 1.25 bits per heavy atom. The maximum absolute atomic E-state index is 6.44. The van der Waals surface area contributed by atoms with Crippen LogP contribution in [0, 0.1) is 0 Å². The normalized spacial score (nSPS) is 13.8. The number of hydrogen-bond donors (Lipinski definition) is 1. The molecule has 0 aromatic rings. The Morgan fingerprint density at radius 2 is 0.964 bits per heavy atom. The van der Waals surface area contributed by atoms with Crippen molar-refractivity contribution in [2.75, 3.05) is 21.3 Å². The minimum Gasteiger partial charge on any atom is -0.377 e. The lowest BCUT2D eigenvalue weighted by atomic mass is 9.96. The van der Waals surface area contributed by atoms with Gasteiger partial charge < -0.3 is 19.0 Å². The van der Waals surface area contributed by atoms with Gasteiger partial charge in [-0.3, -0.25) is 0 Å². The molecule has 0 aliphatic rings. The van der Waals surface area contributed by atoms with Gasteiger partial charge in [-0.2, -0.15) is 0 Å². The second-order valence-corrected chi connectivity index (χ2v) is 12.1. The van der Waals surface area contributed by atoms with Crippen LogP contribution in [-0.2, 0) is 13.3 Å². The van der Waals surface area contributed by atoms with Gasteiger partial charge in [-0.15, -0.1) is 0 Å². The van der Waals surface area contributed by atoms with Crippen molar-refractivity contribution < 1.29 is 13.3 Å². The molecular formula is C23H51NO3Si. The topological polar surface area (TPSA) is 53.7 Å². The summed E-state index contributed by atoms with van der Waals surface area (Å²) in [4.78, 5) is 0. The molecule has 28 heavy (non-hydrogen) atoms. The molecule has 0 saturated carbocycles. The lowest BCUT2D eigenvalue weighted by Gasteiger charge is -2.40. The summed E-state index contributed by atoms with van der Waals surface area (Å²) < 4.78 is 17.1. The van der Waals surface area contributed by atoms with Crippen LogP contribution in [0.1, 0.15) is 117 Å². The van der Waals surface area contributed by atoms with Gasteiger partial charge in [0.25, 0.3) is 0 Å². The molecule has 0 amide bonds. The molecule has 0 bridgehead atoms. The maximum atomic E-state index is 6.44. The van der Waals surface area contributed by atoms with E-state index in [1.807, 2.05) is 0 Å². The van der Waals surface area contributed by atoms with E-state index in [4.69, 9.17) is 19.0 Å². The lowest BCUT2D eigenvalue weighted by Crippen LogP contribution is -2.57. The van der Waals surface area contributed by atoms with Crippen molar-refractivity contribution in [3.8, 4) is 0 Å². The highest BCUT2D eigenvalue weighted by atomic mass is 28.4. The molecule has 0 aliphatic carbocycles. The summed E-state index contributed by atoms with van der Waals surface area (Å²) >= 11 is 0. The van der Waals surface area contributed by atoms with Gasteiger partial charge in [-0.25, -0.2) is 0 Å². The molecule has 0 aliphatic heterocycles. The smallest absolute Gasteiger partial charge is 0.377 e. The van der Waals surface area contributed by atoms with Crippen LogP contribution in [0.2, 0.25) is 5.54 Å². The van der Waals surface area contributed by atoms with Crippen molar-refractivity contribution in [1.82, 2.24) is 0 Å². The third kappa shape index (κ3) is 11.9. The van der Waals surface area contributed by atoms with Crippen LogP contribution in [0.3, 0.4) is 0 Å². The van der Waals surface area contributed by atoms with Crippen LogP contribution in [0.5, 0.6) is 0 Å². The van der Waals surface area contributed by atoms with Gasteiger partial charge in [0.1, 0.15) is 0 Å². The number of nitrogens with two attached hydrogens (primary N) is 1. The summed E-state index contributed by atoms with van der Waals surface area (Å²) in [5.41, 5.74) is 6.19. The van der Waals surface area contributed by atoms with Crippen molar-refractivity contribution in [3.05, 3.63) is 0 Å². The summed E-state index contributed by atoms with van der Waals surface area (Å²) in [5.74, 6) is 0. The van der Waals surface area contributed by atoms with E-state index < -0.39 is 8.80 Å². The van der Waals surface area contributed by atoms with E-state index in [0.29, 0.717) is 0 Å². The summed E-state index contributed by atoms with van der Waals surface area (Å²) in [5, 5.41) is 0. The van der Waals surface area contributed by atoms with Gasteiger partial charge in [0.15, 0.2) is 0 Å². The minimum absolute atomic E-state index is 0.123. The fraction of sp³-hybridized carbons (Fsp3) is 1.00. The molecule has 0 rings (SSSR count). The first-order valence-corrected chi connectivity index (χ1v) is 13.6. The van der Waals surface area contributed by atoms with E-state index in [1.165, 1.54) is 83.5 Å².